The van der Waals surface area contributed by atoms with Crippen molar-refractivity contribution in [3.8, 4) is 0 Å². The molecule has 0 bridgehead atoms. The second-order valence-corrected chi connectivity index (χ2v) is 5.08. The van der Waals surface area contributed by atoms with E-state index in [-0.39, 0.29) is 5.56 Å². The van der Waals surface area contributed by atoms with E-state index in [0.29, 0.717) is 20.2 Å². The molecule has 2 N–H and O–H groups in total. The van der Waals surface area contributed by atoms with E-state index in [4.69, 9.17) is 23.2 Å². The zero-order valence-electron chi connectivity index (χ0n) is 9.32. The average Bonchev–Trinajstić information content (AvgIpc) is 2.39. The minimum absolute atomic E-state index is 0.328. The van der Waals surface area contributed by atoms with E-state index < -0.39 is 0 Å². The lowest BCUT2D eigenvalue weighted by atomic mass is 10.2. The average molecular weight is 362 g/mol. The topological polar surface area (TPSA) is 70.1 Å². The molecule has 1 heterocycles. The lowest BCUT2D eigenvalue weighted by Crippen LogP contribution is -2.10. The third-order valence-corrected chi connectivity index (χ3v) is 3.66. The summed E-state index contributed by atoms with van der Waals surface area (Å²) in [6, 6.07) is 5.13. The lowest BCUT2D eigenvalue weighted by Gasteiger charge is -2.01. The smallest absolute Gasteiger partial charge is 0.275 e. The molecule has 0 spiro atoms. The van der Waals surface area contributed by atoms with Gasteiger partial charge in [0.25, 0.3) is 5.56 Å². The fraction of sp³-hybridized carbons (Fsp3) is 0. The summed E-state index contributed by atoms with van der Waals surface area (Å²) in [6.07, 6.45) is 2.99. The van der Waals surface area contributed by atoms with Gasteiger partial charge < -0.3 is 0 Å². The van der Waals surface area contributed by atoms with Crippen molar-refractivity contribution in [1.82, 2.24) is 10.2 Å². The molecule has 0 saturated heterocycles. The van der Waals surface area contributed by atoms with Gasteiger partial charge in [0.05, 0.1) is 28.1 Å². The normalized spacial score (nSPS) is 10.9. The van der Waals surface area contributed by atoms with Crippen molar-refractivity contribution in [2.75, 3.05) is 5.43 Å². The minimum Gasteiger partial charge on any atom is -0.275 e. The summed E-state index contributed by atoms with van der Waals surface area (Å²) in [5.74, 6) is 0. The Labute approximate surface area is 126 Å². The van der Waals surface area contributed by atoms with Crippen molar-refractivity contribution in [2.24, 2.45) is 5.10 Å². The fourth-order valence-corrected chi connectivity index (χ4v) is 1.82. The standard InChI is InChI=1S/C11H7BrCl2N4O/c12-10-9(5-16-18-11(10)19)17-15-4-6-1-2-7(13)8(14)3-6/h1-5H,(H2,17,18,19)/b15-4+. The molecule has 98 valence electrons. The van der Waals surface area contributed by atoms with Gasteiger partial charge >= 0.3 is 0 Å². The van der Waals surface area contributed by atoms with Gasteiger partial charge in [-0.05, 0) is 33.6 Å². The van der Waals surface area contributed by atoms with Crippen LogP contribution in [0.15, 0.2) is 38.8 Å². The van der Waals surface area contributed by atoms with Crippen LogP contribution in [-0.4, -0.2) is 16.4 Å². The fourth-order valence-electron chi connectivity index (χ4n) is 1.23. The maximum Gasteiger partial charge on any atom is 0.280 e. The van der Waals surface area contributed by atoms with Crippen molar-refractivity contribution in [1.29, 1.82) is 0 Å². The minimum atomic E-state index is -0.338. The van der Waals surface area contributed by atoms with Gasteiger partial charge in [0.1, 0.15) is 4.47 Å². The Balaban J connectivity index is 2.13. The van der Waals surface area contributed by atoms with Gasteiger partial charge in [-0.2, -0.15) is 10.2 Å². The predicted octanol–water partition coefficient (Wildman–Crippen LogP) is 3.29. The van der Waals surface area contributed by atoms with Crippen LogP contribution in [0.5, 0.6) is 0 Å². The Morgan fingerprint density at radius 3 is 2.89 bits per heavy atom. The number of hydrogen-bond acceptors (Lipinski definition) is 4. The van der Waals surface area contributed by atoms with Crippen molar-refractivity contribution >= 4 is 51.0 Å². The molecule has 2 rings (SSSR count). The molecular weight excluding hydrogens is 355 g/mol. The monoisotopic (exact) mass is 360 g/mol. The molecule has 0 radical (unpaired) electrons. The largest absolute Gasteiger partial charge is 0.280 e. The molecule has 0 fully saturated rings. The second kappa shape index (κ2) is 6.18. The van der Waals surface area contributed by atoms with Crippen LogP contribution >= 0.6 is 39.1 Å². The molecule has 0 aliphatic rings. The summed E-state index contributed by atoms with van der Waals surface area (Å²) >= 11 is 14.8. The number of nitrogens with zero attached hydrogens (tertiary/aromatic N) is 2. The molecule has 0 atom stereocenters. The third-order valence-electron chi connectivity index (χ3n) is 2.14. The van der Waals surface area contributed by atoms with Crippen LogP contribution in [-0.2, 0) is 0 Å². The molecule has 19 heavy (non-hydrogen) atoms. The summed E-state index contributed by atoms with van der Waals surface area (Å²) in [7, 11) is 0. The molecule has 0 unspecified atom stereocenters. The first-order valence-electron chi connectivity index (χ1n) is 5.05. The Morgan fingerprint density at radius 2 is 2.16 bits per heavy atom. The van der Waals surface area contributed by atoms with Gasteiger partial charge in [0.2, 0.25) is 0 Å². The van der Waals surface area contributed by atoms with E-state index in [2.05, 4.69) is 36.7 Å². The SMILES string of the molecule is O=c1[nH]ncc(N/N=C/c2ccc(Cl)c(Cl)c2)c1Br. The van der Waals surface area contributed by atoms with Gasteiger partial charge in [-0.15, -0.1) is 0 Å². The Kier molecular flexibility index (Phi) is 4.57. The Morgan fingerprint density at radius 1 is 1.37 bits per heavy atom. The van der Waals surface area contributed by atoms with Crippen LogP contribution in [0.4, 0.5) is 5.69 Å². The van der Waals surface area contributed by atoms with Crippen molar-refractivity contribution < 1.29 is 0 Å². The van der Waals surface area contributed by atoms with Crippen molar-refractivity contribution in [3.05, 3.63) is 54.8 Å². The molecule has 0 aliphatic heterocycles. The van der Waals surface area contributed by atoms with E-state index in [9.17, 15) is 4.79 Å². The molecule has 0 saturated carbocycles. The maximum absolute atomic E-state index is 11.3. The van der Waals surface area contributed by atoms with E-state index in [1.54, 1.807) is 24.4 Å². The van der Waals surface area contributed by atoms with Crippen molar-refractivity contribution in [3.63, 3.8) is 0 Å². The summed E-state index contributed by atoms with van der Waals surface area (Å²) in [4.78, 5) is 11.3. The van der Waals surface area contributed by atoms with Crippen molar-refractivity contribution in [2.45, 2.75) is 0 Å². The maximum atomic E-state index is 11.3. The first kappa shape index (κ1) is 14.0. The number of aromatic amines is 1. The summed E-state index contributed by atoms with van der Waals surface area (Å²) in [5, 5.41) is 10.9. The third kappa shape index (κ3) is 3.56. The molecule has 1 aromatic carbocycles. The first-order valence-corrected chi connectivity index (χ1v) is 6.60. The Hall–Kier alpha value is -1.37. The molecule has 1 aromatic heterocycles. The predicted molar refractivity (Wildman–Crippen MR) is 80.2 cm³/mol. The quantitative estimate of drug-likeness (QED) is 0.651. The zero-order valence-corrected chi connectivity index (χ0v) is 12.4. The highest BCUT2D eigenvalue weighted by molar-refractivity contribution is 9.10. The number of benzene rings is 1. The highest BCUT2D eigenvalue weighted by Crippen LogP contribution is 2.22. The highest BCUT2D eigenvalue weighted by atomic mass is 79.9. The molecule has 5 nitrogen and oxygen atoms in total. The van der Waals surface area contributed by atoms with Gasteiger partial charge in [0, 0.05) is 0 Å². The van der Waals surface area contributed by atoms with Gasteiger partial charge in [-0.3, -0.25) is 10.2 Å². The Bertz CT molecular complexity index is 687. The summed E-state index contributed by atoms with van der Waals surface area (Å²) < 4.78 is 0.328. The van der Waals surface area contributed by atoms with Crippen LogP contribution in [0.3, 0.4) is 0 Å². The molecular formula is C11H7BrCl2N4O. The van der Waals surface area contributed by atoms with Gasteiger partial charge in [-0.25, -0.2) is 5.10 Å². The van der Waals surface area contributed by atoms with Crippen LogP contribution < -0.4 is 11.0 Å². The number of aromatic nitrogens is 2. The van der Waals surface area contributed by atoms with Crippen LogP contribution in [0.1, 0.15) is 5.56 Å². The zero-order chi connectivity index (χ0) is 13.8. The number of rotatable bonds is 3. The summed E-state index contributed by atoms with van der Waals surface area (Å²) in [6.45, 7) is 0. The molecule has 0 amide bonds. The van der Waals surface area contributed by atoms with Gasteiger partial charge in [0.15, 0.2) is 0 Å². The van der Waals surface area contributed by atoms with E-state index >= 15 is 0 Å². The molecule has 0 aliphatic carbocycles. The van der Waals surface area contributed by atoms with E-state index in [0.717, 1.165) is 5.56 Å². The number of halogens is 3. The molecule has 8 heteroatoms. The number of anilines is 1. The first-order chi connectivity index (χ1) is 9.08. The second-order valence-electron chi connectivity index (χ2n) is 3.47. The molecule has 2 aromatic rings. The van der Waals surface area contributed by atoms with E-state index in [1.807, 2.05) is 0 Å². The lowest BCUT2D eigenvalue weighted by molar-refractivity contribution is 0.977. The number of nitrogens with one attached hydrogen (secondary N) is 2. The summed E-state index contributed by atoms with van der Waals surface area (Å²) in [5.41, 5.74) is 3.59. The highest BCUT2D eigenvalue weighted by Gasteiger charge is 2.02. The van der Waals surface area contributed by atoms with Crippen LogP contribution in [0.2, 0.25) is 10.0 Å². The number of hydrazone groups is 1. The van der Waals surface area contributed by atoms with Crippen LogP contribution in [0, 0.1) is 0 Å². The van der Waals surface area contributed by atoms with E-state index in [1.165, 1.54) is 6.20 Å². The van der Waals surface area contributed by atoms with Crippen LogP contribution in [0.25, 0.3) is 0 Å². The van der Waals surface area contributed by atoms with Gasteiger partial charge in [-0.1, -0.05) is 29.3 Å². The number of H-pyrrole nitrogens is 1. The number of hydrogen-bond donors (Lipinski definition) is 2.